The molecule has 2 rings (SSSR count). The predicted octanol–water partition coefficient (Wildman–Crippen LogP) is 2.69. The number of carbonyl (C=O) groups excluding carboxylic acids is 2. The van der Waals surface area contributed by atoms with Crippen LogP contribution < -0.4 is 15.8 Å². The number of nitrogen functional groups attached to an aromatic ring is 1. The summed E-state index contributed by atoms with van der Waals surface area (Å²) in [6.45, 7) is 1.71. The first kappa shape index (κ1) is 18.3. The second-order valence-electron chi connectivity index (χ2n) is 5.41. The van der Waals surface area contributed by atoms with Gasteiger partial charge in [0.25, 0.3) is 0 Å². The highest BCUT2D eigenvalue weighted by molar-refractivity contribution is 6.03. The van der Waals surface area contributed by atoms with E-state index in [0.29, 0.717) is 11.1 Å². The molecule has 0 aliphatic rings. The Labute approximate surface area is 144 Å². The average Bonchev–Trinajstić information content (AvgIpc) is 2.60. The number of amides is 1. The lowest BCUT2D eigenvalue weighted by molar-refractivity contribution is -0.115. The van der Waals surface area contributed by atoms with Crippen molar-refractivity contribution in [1.82, 2.24) is 0 Å². The third kappa shape index (κ3) is 4.06. The molecule has 1 amide bonds. The molecule has 2 aromatic carbocycles. The number of aryl methyl sites for hydroxylation is 1. The van der Waals surface area contributed by atoms with Crippen molar-refractivity contribution >= 4 is 23.3 Å². The van der Waals surface area contributed by atoms with Crippen LogP contribution in [-0.4, -0.2) is 26.1 Å². The number of hydrogen-bond acceptors (Lipinski definition) is 5. The summed E-state index contributed by atoms with van der Waals surface area (Å²) in [6, 6.07) is 7.13. The highest BCUT2D eigenvalue weighted by atomic mass is 19.1. The molecule has 0 spiro atoms. The standard InChI is InChI=1S/C18H19FN2O4/c1-10-8-13(18(23)25-3)17(24-2)16(15(10)20)21-14(22)9-11-4-6-12(19)7-5-11/h4-8H,9,20H2,1-3H3,(H,21,22). The van der Waals surface area contributed by atoms with Gasteiger partial charge in [-0.15, -0.1) is 0 Å². The van der Waals surface area contributed by atoms with E-state index in [4.69, 9.17) is 15.2 Å². The van der Waals surface area contributed by atoms with Crippen molar-refractivity contribution in [2.75, 3.05) is 25.3 Å². The van der Waals surface area contributed by atoms with Gasteiger partial charge in [-0.2, -0.15) is 0 Å². The van der Waals surface area contributed by atoms with Gasteiger partial charge in [0.1, 0.15) is 17.1 Å². The van der Waals surface area contributed by atoms with E-state index < -0.39 is 5.97 Å². The van der Waals surface area contributed by atoms with Gasteiger partial charge >= 0.3 is 5.97 Å². The van der Waals surface area contributed by atoms with Gasteiger partial charge in [-0.05, 0) is 36.2 Å². The van der Waals surface area contributed by atoms with Gasteiger partial charge in [0.15, 0.2) is 5.75 Å². The van der Waals surface area contributed by atoms with Crippen molar-refractivity contribution in [3.8, 4) is 5.75 Å². The van der Waals surface area contributed by atoms with E-state index in [9.17, 15) is 14.0 Å². The second-order valence-corrected chi connectivity index (χ2v) is 5.41. The van der Waals surface area contributed by atoms with Gasteiger partial charge in [-0.3, -0.25) is 4.79 Å². The molecule has 0 atom stereocenters. The molecule has 0 aromatic heterocycles. The number of nitrogens with two attached hydrogens (primary N) is 1. The van der Waals surface area contributed by atoms with Crippen molar-refractivity contribution in [2.45, 2.75) is 13.3 Å². The minimum absolute atomic E-state index is 0.0182. The topological polar surface area (TPSA) is 90.6 Å². The van der Waals surface area contributed by atoms with E-state index in [0.717, 1.165) is 0 Å². The number of ether oxygens (including phenoxy) is 2. The molecular formula is C18H19FN2O4. The Kier molecular flexibility index (Phi) is 5.59. The zero-order valence-corrected chi connectivity index (χ0v) is 14.2. The van der Waals surface area contributed by atoms with Crippen LogP contribution in [-0.2, 0) is 16.0 Å². The summed E-state index contributed by atoms with van der Waals surface area (Å²) in [5.74, 6) is -1.23. The molecule has 0 heterocycles. The van der Waals surface area contributed by atoms with Crippen LogP contribution in [0, 0.1) is 12.7 Å². The number of methoxy groups -OCH3 is 2. The van der Waals surface area contributed by atoms with Gasteiger partial charge in [0.2, 0.25) is 5.91 Å². The fourth-order valence-corrected chi connectivity index (χ4v) is 2.38. The van der Waals surface area contributed by atoms with Gasteiger partial charge < -0.3 is 20.5 Å². The first-order valence-corrected chi connectivity index (χ1v) is 7.47. The molecule has 0 saturated carbocycles. The number of anilines is 2. The maximum Gasteiger partial charge on any atom is 0.341 e. The predicted molar refractivity (Wildman–Crippen MR) is 92.2 cm³/mol. The third-order valence-corrected chi connectivity index (χ3v) is 3.68. The number of benzene rings is 2. The van der Waals surface area contributed by atoms with E-state index >= 15 is 0 Å². The molecular weight excluding hydrogens is 327 g/mol. The molecule has 3 N–H and O–H groups in total. The van der Waals surface area contributed by atoms with Crippen LogP contribution in [0.4, 0.5) is 15.8 Å². The Bertz CT molecular complexity index is 804. The second kappa shape index (κ2) is 7.65. The quantitative estimate of drug-likeness (QED) is 0.642. The summed E-state index contributed by atoms with van der Waals surface area (Å²) in [4.78, 5) is 24.2. The van der Waals surface area contributed by atoms with E-state index in [1.165, 1.54) is 44.6 Å². The van der Waals surface area contributed by atoms with Crippen LogP contribution in [0.15, 0.2) is 30.3 Å². The summed E-state index contributed by atoms with van der Waals surface area (Å²) >= 11 is 0. The number of halogens is 1. The Morgan fingerprint density at radius 3 is 2.40 bits per heavy atom. The lowest BCUT2D eigenvalue weighted by atomic mass is 10.1. The van der Waals surface area contributed by atoms with Crippen LogP contribution in [0.3, 0.4) is 0 Å². The molecule has 0 aliphatic heterocycles. The minimum Gasteiger partial charge on any atom is -0.494 e. The van der Waals surface area contributed by atoms with Crippen molar-refractivity contribution in [3.05, 3.63) is 52.8 Å². The van der Waals surface area contributed by atoms with Crippen molar-refractivity contribution in [2.24, 2.45) is 0 Å². The summed E-state index contributed by atoms with van der Waals surface area (Å²) in [6.07, 6.45) is 0.0182. The average molecular weight is 346 g/mol. The van der Waals surface area contributed by atoms with Gasteiger partial charge in [-0.1, -0.05) is 12.1 Å². The Balaban J connectivity index is 2.34. The number of rotatable bonds is 5. The molecule has 25 heavy (non-hydrogen) atoms. The normalized spacial score (nSPS) is 10.2. The molecule has 0 fully saturated rings. The zero-order chi connectivity index (χ0) is 18.6. The highest BCUT2D eigenvalue weighted by Crippen LogP contribution is 2.37. The SMILES string of the molecule is COC(=O)c1cc(C)c(N)c(NC(=O)Cc2ccc(F)cc2)c1OC. The Morgan fingerprint density at radius 2 is 1.84 bits per heavy atom. The Hall–Kier alpha value is -3.09. The van der Waals surface area contributed by atoms with Crippen LogP contribution in [0.25, 0.3) is 0 Å². The fourth-order valence-electron chi connectivity index (χ4n) is 2.38. The molecule has 0 radical (unpaired) electrons. The van der Waals surface area contributed by atoms with Crippen LogP contribution in [0.1, 0.15) is 21.5 Å². The van der Waals surface area contributed by atoms with E-state index in [1.807, 2.05) is 0 Å². The van der Waals surface area contributed by atoms with Crippen molar-refractivity contribution < 1.29 is 23.5 Å². The maximum absolute atomic E-state index is 12.9. The largest absolute Gasteiger partial charge is 0.494 e. The molecule has 6 nitrogen and oxygen atoms in total. The number of hydrogen-bond donors (Lipinski definition) is 2. The molecule has 0 bridgehead atoms. The first-order valence-electron chi connectivity index (χ1n) is 7.47. The van der Waals surface area contributed by atoms with Crippen LogP contribution in [0.2, 0.25) is 0 Å². The summed E-state index contributed by atoms with van der Waals surface area (Å²) in [7, 11) is 2.62. The number of carbonyl (C=O) groups is 2. The van der Waals surface area contributed by atoms with Gasteiger partial charge in [-0.25, -0.2) is 9.18 Å². The Morgan fingerprint density at radius 1 is 1.20 bits per heavy atom. The monoisotopic (exact) mass is 346 g/mol. The molecule has 0 unspecified atom stereocenters. The van der Waals surface area contributed by atoms with E-state index in [-0.39, 0.29) is 40.8 Å². The maximum atomic E-state index is 12.9. The number of nitrogens with one attached hydrogen (secondary N) is 1. The summed E-state index contributed by atoms with van der Waals surface area (Å²) in [5.41, 5.74) is 7.92. The smallest absolute Gasteiger partial charge is 0.341 e. The third-order valence-electron chi connectivity index (χ3n) is 3.68. The van der Waals surface area contributed by atoms with Crippen LogP contribution in [0.5, 0.6) is 5.75 Å². The number of esters is 1. The lowest BCUT2D eigenvalue weighted by Gasteiger charge is -2.17. The van der Waals surface area contributed by atoms with Crippen LogP contribution >= 0.6 is 0 Å². The molecule has 2 aromatic rings. The lowest BCUT2D eigenvalue weighted by Crippen LogP contribution is -2.18. The van der Waals surface area contributed by atoms with Crippen molar-refractivity contribution in [1.29, 1.82) is 0 Å². The van der Waals surface area contributed by atoms with E-state index in [1.54, 1.807) is 6.92 Å². The van der Waals surface area contributed by atoms with Gasteiger partial charge in [0.05, 0.1) is 26.3 Å². The molecule has 0 aliphatic carbocycles. The first-order chi connectivity index (χ1) is 11.9. The molecule has 7 heteroatoms. The summed E-state index contributed by atoms with van der Waals surface area (Å²) < 4.78 is 22.9. The summed E-state index contributed by atoms with van der Waals surface area (Å²) in [5, 5.41) is 2.66. The molecule has 132 valence electrons. The van der Waals surface area contributed by atoms with E-state index in [2.05, 4.69) is 5.32 Å². The highest BCUT2D eigenvalue weighted by Gasteiger charge is 2.22. The zero-order valence-electron chi connectivity index (χ0n) is 14.2. The minimum atomic E-state index is -0.603. The van der Waals surface area contributed by atoms with Crippen molar-refractivity contribution in [3.63, 3.8) is 0 Å². The fraction of sp³-hybridized carbons (Fsp3) is 0.222. The van der Waals surface area contributed by atoms with Gasteiger partial charge in [0, 0.05) is 0 Å². The molecule has 0 saturated heterocycles.